The zero-order valence-corrected chi connectivity index (χ0v) is 7.44. The van der Waals surface area contributed by atoms with E-state index in [1.807, 2.05) is 37.3 Å². The van der Waals surface area contributed by atoms with Gasteiger partial charge in [-0.1, -0.05) is 30.3 Å². The maximum atomic E-state index is 5.14. The van der Waals surface area contributed by atoms with Crippen molar-refractivity contribution in [2.24, 2.45) is 21.7 Å². The molecule has 0 saturated heterocycles. The molecule has 0 radical (unpaired) electrons. The molecule has 0 aliphatic rings. The van der Waals surface area contributed by atoms with E-state index in [0.29, 0.717) is 0 Å². The normalized spacial score (nSPS) is 11.0. The lowest BCUT2D eigenvalue weighted by Gasteiger charge is -1.96. The van der Waals surface area contributed by atoms with Crippen molar-refractivity contribution in [1.29, 1.82) is 0 Å². The zero-order valence-electron chi connectivity index (χ0n) is 7.44. The molecule has 4 N–H and O–H groups in total. The van der Waals surface area contributed by atoms with E-state index in [9.17, 15) is 0 Å². The molecule has 1 aromatic rings. The first-order valence-electron chi connectivity index (χ1n) is 3.89. The Hall–Kier alpha value is -1.84. The highest BCUT2D eigenvalue weighted by atomic mass is 15.3. The fourth-order valence-electron chi connectivity index (χ4n) is 0.870. The van der Waals surface area contributed by atoms with Crippen LogP contribution in [0.25, 0.3) is 0 Å². The highest BCUT2D eigenvalue weighted by Gasteiger charge is 1.93. The molecule has 0 bridgehead atoms. The lowest BCUT2D eigenvalue weighted by Crippen LogP contribution is -2.22. The van der Waals surface area contributed by atoms with Crippen molar-refractivity contribution in [2.75, 3.05) is 0 Å². The van der Waals surface area contributed by atoms with Gasteiger partial charge >= 0.3 is 0 Å². The zero-order chi connectivity index (χ0) is 9.68. The van der Waals surface area contributed by atoms with Gasteiger partial charge < -0.3 is 11.5 Å². The molecule has 0 aliphatic carbocycles. The summed E-state index contributed by atoms with van der Waals surface area (Å²) in [4.78, 5) is 0. The average Bonchev–Trinajstić information content (AvgIpc) is 2.15. The van der Waals surface area contributed by atoms with Gasteiger partial charge in [-0.3, -0.25) is 0 Å². The Morgan fingerprint density at radius 3 is 2.23 bits per heavy atom. The summed E-state index contributed by atoms with van der Waals surface area (Å²) >= 11 is 0. The van der Waals surface area contributed by atoms with Gasteiger partial charge in [0.05, 0.1) is 5.71 Å². The van der Waals surface area contributed by atoms with Crippen LogP contribution in [0.5, 0.6) is 0 Å². The van der Waals surface area contributed by atoms with Gasteiger partial charge in [-0.15, -0.1) is 5.10 Å². The lowest BCUT2D eigenvalue weighted by molar-refractivity contribution is 1.20. The quantitative estimate of drug-likeness (QED) is 0.395. The molecular weight excluding hydrogens is 164 g/mol. The Bertz CT molecular complexity index is 323. The molecule has 13 heavy (non-hydrogen) atoms. The Morgan fingerprint density at radius 1 is 1.08 bits per heavy atom. The monoisotopic (exact) mass is 176 g/mol. The predicted molar refractivity (Wildman–Crippen MR) is 54.5 cm³/mol. The Kier molecular flexibility index (Phi) is 3.03. The van der Waals surface area contributed by atoms with Gasteiger partial charge in [0.25, 0.3) is 0 Å². The molecule has 4 heteroatoms. The minimum absolute atomic E-state index is 0.0321. The number of nitrogens with zero attached hydrogens (tertiary/aromatic N) is 2. The molecular formula is C9H12N4. The maximum absolute atomic E-state index is 5.14. The lowest BCUT2D eigenvalue weighted by atomic mass is 10.1. The summed E-state index contributed by atoms with van der Waals surface area (Å²) < 4.78 is 0. The van der Waals surface area contributed by atoms with Gasteiger partial charge in [0.15, 0.2) is 0 Å². The van der Waals surface area contributed by atoms with Crippen LogP contribution in [0.2, 0.25) is 0 Å². The number of guanidine groups is 1. The van der Waals surface area contributed by atoms with Gasteiger partial charge in [0.1, 0.15) is 0 Å². The van der Waals surface area contributed by atoms with Crippen molar-refractivity contribution < 1.29 is 0 Å². The number of rotatable bonds is 2. The number of hydrogen-bond donors (Lipinski definition) is 2. The molecule has 0 atom stereocenters. The first kappa shape index (κ1) is 9.25. The fraction of sp³-hybridized carbons (Fsp3) is 0.111. The summed E-state index contributed by atoms with van der Waals surface area (Å²) in [6.45, 7) is 1.85. The first-order valence-corrected chi connectivity index (χ1v) is 3.89. The first-order chi connectivity index (χ1) is 6.20. The third kappa shape index (κ3) is 2.94. The third-order valence-electron chi connectivity index (χ3n) is 1.51. The predicted octanol–water partition coefficient (Wildman–Crippen LogP) is 0.684. The Balaban J connectivity index is 2.86. The van der Waals surface area contributed by atoms with E-state index >= 15 is 0 Å². The van der Waals surface area contributed by atoms with Crippen LogP contribution in [-0.4, -0.2) is 11.7 Å². The van der Waals surface area contributed by atoms with Crippen LogP contribution in [0.3, 0.4) is 0 Å². The minimum Gasteiger partial charge on any atom is -0.369 e. The maximum Gasteiger partial charge on any atom is 0.211 e. The van der Waals surface area contributed by atoms with Crippen molar-refractivity contribution in [1.82, 2.24) is 0 Å². The van der Waals surface area contributed by atoms with E-state index in [1.54, 1.807) is 0 Å². The number of benzene rings is 1. The van der Waals surface area contributed by atoms with Crippen LogP contribution >= 0.6 is 0 Å². The van der Waals surface area contributed by atoms with Crippen LogP contribution < -0.4 is 11.5 Å². The highest BCUT2D eigenvalue weighted by molar-refractivity contribution is 5.98. The van der Waals surface area contributed by atoms with Crippen molar-refractivity contribution in [3.05, 3.63) is 35.9 Å². The van der Waals surface area contributed by atoms with Crippen LogP contribution in [0.15, 0.2) is 40.5 Å². The third-order valence-corrected chi connectivity index (χ3v) is 1.51. The average molecular weight is 176 g/mol. The second kappa shape index (κ2) is 4.25. The fourth-order valence-corrected chi connectivity index (χ4v) is 0.870. The Labute approximate surface area is 77.0 Å². The van der Waals surface area contributed by atoms with Crippen LogP contribution in [-0.2, 0) is 0 Å². The van der Waals surface area contributed by atoms with Gasteiger partial charge in [-0.05, 0) is 12.5 Å². The molecule has 0 amide bonds. The van der Waals surface area contributed by atoms with Crippen LogP contribution in [0.4, 0.5) is 0 Å². The van der Waals surface area contributed by atoms with Crippen LogP contribution in [0.1, 0.15) is 12.5 Å². The molecule has 0 unspecified atom stereocenters. The molecule has 0 aliphatic heterocycles. The summed E-state index contributed by atoms with van der Waals surface area (Å²) in [7, 11) is 0. The molecule has 1 rings (SSSR count). The summed E-state index contributed by atoms with van der Waals surface area (Å²) in [5.74, 6) is -0.0321. The summed E-state index contributed by atoms with van der Waals surface area (Å²) in [6.07, 6.45) is 0. The molecule has 0 saturated carbocycles. The molecule has 0 heterocycles. The van der Waals surface area contributed by atoms with Crippen molar-refractivity contribution in [3.8, 4) is 0 Å². The second-order valence-corrected chi connectivity index (χ2v) is 2.58. The van der Waals surface area contributed by atoms with E-state index in [1.165, 1.54) is 0 Å². The molecule has 0 fully saturated rings. The topological polar surface area (TPSA) is 76.8 Å². The molecule has 4 nitrogen and oxygen atoms in total. The van der Waals surface area contributed by atoms with E-state index in [4.69, 9.17) is 11.5 Å². The van der Waals surface area contributed by atoms with Crippen LogP contribution in [0, 0.1) is 0 Å². The molecule has 1 aromatic carbocycles. The van der Waals surface area contributed by atoms with Gasteiger partial charge in [0.2, 0.25) is 5.96 Å². The highest BCUT2D eigenvalue weighted by Crippen LogP contribution is 2.00. The minimum atomic E-state index is -0.0321. The summed E-state index contributed by atoms with van der Waals surface area (Å²) in [5, 5.41) is 7.41. The molecule has 0 aromatic heterocycles. The van der Waals surface area contributed by atoms with E-state index in [2.05, 4.69) is 10.2 Å². The molecule has 68 valence electrons. The van der Waals surface area contributed by atoms with Crippen molar-refractivity contribution in [3.63, 3.8) is 0 Å². The second-order valence-electron chi connectivity index (χ2n) is 2.58. The van der Waals surface area contributed by atoms with Gasteiger partial charge in [-0.2, -0.15) is 5.10 Å². The standard InChI is InChI=1S/C9H12N4/c1-7(12-13-9(10)11)8-5-3-2-4-6-8/h2-6H,1H3,(H4,10,11,13)/b12-7-. The summed E-state index contributed by atoms with van der Waals surface area (Å²) in [5.41, 5.74) is 12.1. The molecule has 0 spiro atoms. The van der Waals surface area contributed by atoms with E-state index in [0.717, 1.165) is 11.3 Å². The smallest absolute Gasteiger partial charge is 0.211 e. The number of nitrogens with two attached hydrogens (primary N) is 2. The van der Waals surface area contributed by atoms with Crippen molar-refractivity contribution >= 4 is 11.7 Å². The largest absolute Gasteiger partial charge is 0.369 e. The van der Waals surface area contributed by atoms with Gasteiger partial charge in [-0.25, -0.2) is 0 Å². The Morgan fingerprint density at radius 2 is 1.69 bits per heavy atom. The van der Waals surface area contributed by atoms with Crippen molar-refractivity contribution in [2.45, 2.75) is 6.92 Å². The van der Waals surface area contributed by atoms with Gasteiger partial charge in [0, 0.05) is 0 Å². The number of hydrogen-bond acceptors (Lipinski definition) is 2. The summed E-state index contributed by atoms with van der Waals surface area (Å²) in [6, 6.07) is 9.70. The van der Waals surface area contributed by atoms with E-state index in [-0.39, 0.29) is 5.96 Å². The SMILES string of the molecule is C/C(=N/N=C(N)N)c1ccccc1. The van der Waals surface area contributed by atoms with E-state index < -0.39 is 0 Å².